The van der Waals surface area contributed by atoms with Gasteiger partial charge in [0.2, 0.25) is 11.7 Å². The van der Waals surface area contributed by atoms with Gasteiger partial charge >= 0.3 is 0 Å². The van der Waals surface area contributed by atoms with E-state index in [1.165, 1.54) is 50.5 Å². The van der Waals surface area contributed by atoms with Crippen LogP contribution >= 0.6 is 34.7 Å². The number of anilines is 2. The van der Waals surface area contributed by atoms with E-state index in [2.05, 4.69) is 20.9 Å². The fraction of sp³-hybridized carbons (Fsp3) is 0.111. The second kappa shape index (κ2) is 16.7. The Morgan fingerprint density at radius 1 is 0.857 bits per heavy atom. The quantitative estimate of drug-likeness (QED) is 0.0840. The molecule has 3 N–H and O–H groups in total. The first kappa shape index (κ1) is 35.0. The minimum atomic E-state index is -0.558. The molecule has 10 nitrogen and oxygen atoms in total. The fourth-order valence-electron chi connectivity index (χ4n) is 4.55. The predicted molar refractivity (Wildman–Crippen MR) is 195 cm³/mol. The van der Waals surface area contributed by atoms with Gasteiger partial charge in [-0.05, 0) is 66.2 Å². The number of nitrogens with zero attached hydrogens (tertiary/aromatic N) is 1. The third-order valence-corrected chi connectivity index (χ3v) is 9.01. The average Bonchev–Trinajstić information content (AvgIpc) is 3.58. The number of carbonyl (C=O) groups is 3. The van der Waals surface area contributed by atoms with Gasteiger partial charge in [-0.3, -0.25) is 14.4 Å². The Morgan fingerprint density at radius 3 is 2.18 bits per heavy atom. The average molecular weight is 715 g/mol. The van der Waals surface area contributed by atoms with E-state index in [1.54, 1.807) is 72.8 Å². The number of methoxy groups -OCH3 is 3. The van der Waals surface area contributed by atoms with E-state index in [0.717, 1.165) is 10.5 Å². The molecule has 0 spiro atoms. The summed E-state index contributed by atoms with van der Waals surface area (Å²) < 4.78 is 16.3. The smallest absolute Gasteiger partial charge is 0.272 e. The highest BCUT2D eigenvalue weighted by Crippen LogP contribution is 2.39. The molecular weight excluding hydrogens is 684 g/mol. The molecule has 13 heteroatoms. The first-order valence-corrected chi connectivity index (χ1v) is 16.9. The van der Waals surface area contributed by atoms with Gasteiger partial charge in [-0.15, -0.1) is 23.1 Å². The number of rotatable bonds is 13. The lowest BCUT2D eigenvalue weighted by Crippen LogP contribution is -2.30. The SMILES string of the molecule is COc1cc(/C=C(\NC(=O)c2ccccc2)C(=O)Nc2ccc(SCC(=O)Nc3nc(-c4ccccc4Cl)cs3)cc2)cc(OC)c1OC. The minimum Gasteiger partial charge on any atom is -0.493 e. The van der Waals surface area contributed by atoms with Crippen LogP contribution in [-0.2, 0) is 9.59 Å². The molecule has 0 bridgehead atoms. The number of nitrogens with one attached hydrogen (secondary N) is 3. The van der Waals surface area contributed by atoms with E-state index in [4.69, 9.17) is 25.8 Å². The van der Waals surface area contributed by atoms with Crippen LogP contribution in [0.3, 0.4) is 0 Å². The third kappa shape index (κ3) is 9.20. The van der Waals surface area contributed by atoms with Crippen molar-refractivity contribution in [1.29, 1.82) is 0 Å². The van der Waals surface area contributed by atoms with Crippen LogP contribution in [0.4, 0.5) is 10.8 Å². The van der Waals surface area contributed by atoms with Gasteiger partial charge in [-0.25, -0.2) is 4.98 Å². The zero-order valence-electron chi connectivity index (χ0n) is 26.6. The van der Waals surface area contributed by atoms with Crippen LogP contribution in [0.25, 0.3) is 17.3 Å². The largest absolute Gasteiger partial charge is 0.493 e. The molecule has 1 heterocycles. The summed E-state index contributed by atoms with van der Waals surface area (Å²) in [5.74, 6) is 0.0884. The van der Waals surface area contributed by atoms with Crippen LogP contribution in [0.5, 0.6) is 17.2 Å². The second-order valence-electron chi connectivity index (χ2n) is 10.2. The highest BCUT2D eigenvalue weighted by atomic mass is 35.5. The standard InChI is InChI=1S/C36H31ClN4O6S2/c1-45-30-18-22(19-31(46-2)33(30)47-3)17-28(39-34(43)23-9-5-4-6-10-23)35(44)38-24-13-15-25(16-14-24)48-21-32(42)41-36-40-29(20-49-36)26-11-7-8-12-27(26)37/h4-20H,21H2,1-3H3,(H,38,44)(H,39,43)(H,40,41,42)/b28-17-. The molecule has 0 fully saturated rings. The normalized spacial score (nSPS) is 11.0. The molecule has 0 aliphatic heterocycles. The van der Waals surface area contributed by atoms with E-state index in [0.29, 0.717) is 49.9 Å². The lowest BCUT2D eigenvalue weighted by atomic mass is 10.1. The summed E-state index contributed by atoms with van der Waals surface area (Å²) in [6.07, 6.45) is 1.52. The van der Waals surface area contributed by atoms with Crippen LogP contribution in [0, 0.1) is 0 Å². The Kier molecular flexibility index (Phi) is 11.9. The summed E-state index contributed by atoms with van der Waals surface area (Å²) in [5.41, 5.74) is 2.86. The Hall–Kier alpha value is -5.30. The number of carbonyl (C=O) groups excluding carboxylic acids is 3. The van der Waals surface area contributed by atoms with Crippen LogP contribution in [0.1, 0.15) is 15.9 Å². The van der Waals surface area contributed by atoms with Gasteiger partial charge in [0.1, 0.15) is 5.70 Å². The monoisotopic (exact) mass is 714 g/mol. The van der Waals surface area contributed by atoms with Gasteiger partial charge in [-0.2, -0.15) is 0 Å². The molecule has 0 saturated carbocycles. The van der Waals surface area contributed by atoms with E-state index in [1.807, 2.05) is 23.6 Å². The Bertz CT molecular complexity index is 1960. The molecule has 0 saturated heterocycles. The maximum absolute atomic E-state index is 13.5. The van der Waals surface area contributed by atoms with Gasteiger partial charge in [-0.1, -0.05) is 48.0 Å². The topological polar surface area (TPSA) is 128 Å². The zero-order chi connectivity index (χ0) is 34.8. The summed E-state index contributed by atoms with van der Waals surface area (Å²) >= 11 is 8.92. The van der Waals surface area contributed by atoms with Crippen molar-refractivity contribution in [2.24, 2.45) is 0 Å². The molecule has 5 aromatic rings. The zero-order valence-corrected chi connectivity index (χ0v) is 29.0. The lowest BCUT2D eigenvalue weighted by molar-refractivity contribution is -0.114. The molecule has 3 amide bonds. The Labute approximate surface area is 296 Å². The number of amides is 3. The Morgan fingerprint density at radius 2 is 1.53 bits per heavy atom. The number of thioether (sulfide) groups is 1. The number of hydrogen-bond donors (Lipinski definition) is 3. The molecule has 5 rings (SSSR count). The number of aromatic nitrogens is 1. The summed E-state index contributed by atoms with van der Waals surface area (Å²) in [6.45, 7) is 0. The van der Waals surface area contributed by atoms with E-state index in [-0.39, 0.29) is 17.4 Å². The van der Waals surface area contributed by atoms with E-state index >= 15 is 0 Å². The number of ether oxygens (including phenoxy) is 3. The highest BCUT2D eigenvalue weighted by molar-refractivity contribution is 8.00. The molecule has 0 aliphatic rings. The van der Waals surface area contributed by atoms with Crippen molar-refractivity contribution in [2.75, 3.05) is 37.7 Å². The molecule has 0 unspecified atom stereocenters. The van der Waals surface area contributed by atoms with Crippen molar-refractivity contribution in [3.8, 4) is 28.5 Å². The number of hydrogen-bond acceptors (Lipinski definition) is 9. The highest BCUT2D eigenvalue weighted by Gasteiger charge is 2.18. The molecule has 0 radical (unpaired) electrons. The maximum atomic E-state index is 13.5. The van der Waals surface area contributed by atoms with Crippen molar-refractivity contribution >= 4 is 69.3 Å². The summed E-state index contributed by atoms with van der Waals surface area (Å²) in [7, 11) is 4.47. The number of benzene rings is 4. The molecule has 0 atom stereocenters. The fourth-order valence-corrected chi connectivity index (χ4v) is 6.21. The third-order valence-electron chi connectivity index (χ3n) is 6.91. The van der Waals surface area contributed by atoms with Gasteiger partial charge in [0.05, 0.1) is 32.8 Å². The number of thiazole rings is 1. The maximum Gasteiger partial charge on any atom is 0.272 e. The van der Waals surface area contributed by atoms with Gasteiger partial charge in [0.15, 0.2) is 16.6 Å². The van der Waals surface area contributed by atoms with Crippen molar-refractivity contribution in [2.45, 2.75) is 4.90 Å². The van der Waals surface area contributed by atoms with Crippen molar-refractivity contribution in [3.05, 3.63) is 118 Å². The number of halogens is 1. The first-order chi connectivity index (χ1) is 23.8. The van der Waals surface area contributed by atoms with Crippen molar-refractivity contribution in [3.63, 3.8) is 0 Å². The molecule has 49 heavy (non-hydrogen) atoms. The predicted octanol–water partition coefficient (Wildman–Crippen LogP) is 7.63. The summed E-state index contributed by atoms with van der Waals surface area (Å²) in [6, 6.07) is 26.3. The summed E-state index contributed by atoms with van der Waals surface area (Å²) in [4.78, 5) is 44.5. The van der Waals surface area contributed by atoms with Crippen LogP contribution < -0.4 is 30.2 Å². The summed E-state index contributed by atoms with van der Waals surface area (Å²) in [5, 5.41) is 11.3. The van der Waals surface area contributed by atoms with Crippen molar-refractivity contribution < 1.29 is 28.6 Å². The molecular formula is C36H31ClN4O6S2. The molecule has 4 aromatic carbocycles. The minimum absolute atomic E-state index is 0.0156. The first-order valence-electron chi connectivity index (χ1n) is 14.7. The van der Waals surface area contributed by atoms with Gasteiger partial charge in [0, 0.05) is 32.1 Å². The second-order valence-corrected chi connectivity index (χ2v) is 12.5. The van der Waals surface area contributed by atoms with Crippen molar-refractivity contribution in [1.82, 2.24) is 10.3 Å². The van der Waals surface area contributed by atoms with Crippen LogP contribution in [0.15, 0.2) is 107 Å². The van der Waals surface area contributed by atoms with Gasteiger partial charge < -0.3 is 30.2 Å². The van der Waals surface area contributed by atoms with E-state index in [9.17, 15) is 14.4 Å². The van der Waals surface area contributed by atoms with Gasteiger partial charge in [0.25, 0.3) is 11.8 Å². The molecule has 250 valence electrons. The van der Waals surface area contributed by atoms with E-state index < -0.39 is 11.8 Å². The lowest BCUT2D eigenvalue weighted by Gasteiger charge is -2.15. The molecule has 0 aliphatic carbocycles. The molecule has 1 aromatic heterocycles. The van der Waals surface area contributed by atoms with Crippen LogP contribution in [0.2, 0.25) is 5.02 Å². The van der Waals surface area contributed by atoms with Crippen LogP contribution in [-0.4, -0.2) is 49.8 Å². The Balaban J connectivity index is 1.25.